The molecule has 4 N–H and O–H groups in total. The van der Waals surface area contributed by atoms with E-state index in [1.54, 1.807) is 12.3 Å². The van der Waals surface area contributed by atoms with Crippen LogP contribution in [0.25, 0.3) is 0 Å². The maximum Gasteiger partial charge on any atom is 0.224 e. The van der Waals surface area contributed by atoms with Gasteiger partial charge >= 0.3 is 0 Å². The molecule has 1 aliphatic heterocycles. The van der Waals surface area contributed by atoms with E-state index in [9.17, 15) is 10.2 Å². The molecule has 1 aliphatic rings. The number of nitrogens with zero attached hydrogens (tertiary/aromatic N) is 2. The number of aliphatic hydroxyl groups is 3. The molecule has 0 aliphatic carbocycles. The summed E-state index contributed by atoms with van der Waals surface area (Å²) in [5, 5.41) is 32.4. The van der Waals surface area contributed by atoms with Gasteiger partial charge in [-0.15, -0.1) is 11.8 Å². The van der Waals surface area contributed by atoms with Gasteiger partial charge in [0, 0.05) is 6.20 Å². The third kappa shape index (κ3) is 3.34. The smallest absolute Gasteiger partial charge is 0.224 e. The second-order valence-electron chi connectivity index (χ2n) is 4.21. The second-order valence-corrected chi connectivity index (χ2v) is 5.04. The topological polar surface area (TPSA) is 108 Å². The molecule has 0 spiro atoms. The van der Waals surface area contributed by atoms with Crippen molar-refractivity contribution in [3.8, 4) is 0 Å². The molecular formula is C11H17N3O4S. The highest BCUT2D eigenvalue weighted by molar-refractivity contribution is 7.98. The maximum atomic E-state index is 9.96. The molecule has 0 unspecified atom stereocenters. The van der Waals surface area contributed by atoms with Crippen LogP contribution >= 0.6 is 11.8 Å². The highest BCUT2D eigenvalue weighted by atomic mass is 32.2. The van der Waals surface area contributed by atoms with Crippen molar-refractivity contribution >= 4 is 17.7 Å². The summed E-state index contributed by atoms with van der Waals surface area (Å²) in [4.78, 5) is 8.27. The van der Waals surface area contributed by atoms with Crippen molar-refractivity contribution in [1.29, 1.82) is 0 Å². The zero-order chi connectivity index (χ0) is 13.8. The van der Waals surface area contributed by atoms with E-state index < -0.39 is 24.4 Å². The average Bonchev–Trinajstić information content (AvgIpc) is 2.44. The first-order chi connectivity index (χ1) is 9.15. The third-order valence-electron chi connectivity index (χ3n) is 2.97. The van der Waals surface area contributed by atoms with Crippen LogP contribution in [-0.2, 0) is 4.74 Å². The lowest BCUT2D eigenvalue weighted by atomic mass is 9.98. The minimum Gasteiger partial charge on any atom is -0.394 e. The molecule has 2 rings (SSSR count). The van der Waals surface area contributed by atoms with Gasteiger partial charge in [-0.05, 0) is 12.3 Å². The van der Waals surface area contributed by atoms with Gasteiger partial charge in [0.2, 0.25) is 5.95 Å². The fourth-order valence-electron chi connectivity index (χ4n) is 1.86. The van der Waals surface area contributed by atoms with Crippen LogP contribution in [0.1, 0.15) is 0 Å². The highest BCUT2D eigenvalue weighted by Crippen LogP contribution is 2.19. The maximum absolute atomic E-state index is 9.96. The summed E-state index contributed by atoms with van der Waals surface area (Å²) in [6.07, 6.45) is 0.573. The van der Waals surface area contributed by atoms with Gasteiger partial charge in [0.25, 0.3) is 0 Å². The molecular weight excluding hydrogens is 270 g/mol. The molecule has 19 heavy (non-hydrogen) atoms. The summed E-state index contributed by atoms with van der Waals surface area (Å²) in [7, 11) is 0. The Morgan fingerprint density at radius 3 is 2.95 bits per heavy atom. The first-order valence-electron chi connectivity index (χ1n) is 5.88. The van der Waals surface area contributed by atoms with Crippen LogP contribution < -0.4 is 5.32 Å². The van der Waals surface area contributed by atoms with Crippen molar-refractivity contribution in [3.63, 3.8) is 0 Å². The molecule has 0 aromatic carbocycles. The molecule has 7 nitrogen and oxygen atoms in total. The number of nitrogens with one attached hydrogen (secondary N) is 1. The number of hydrogen-bond donors (Lipinski definition) is 4. The van der Waals surface area contributed by atoms with E-state index in [0.29, 0.717) is 5.95 Å². The first kappa shape index (κ1) is 14.5. The normalized spacial score (nSPS) is 31.2. The van der Waals surface area contributed by atoms with E-state index in [1.807, 2.05) is 6.26 Å². The summed E-state index contributed by atoms with van der Waals surface area (Å²) in [6, 6.07) is 1.26. The van der Waals surface area contributed by atoms with Crippen LogP contribution in [0.2, 0.25) is 0 Å². The molecule has 0 amide bonds. The fourth-order valence-corrected chi connectivity index (χ4v) is 2.24. The molecule has 1 aromatic rings. The lowest BCUT2D eigenvalue weighted by molar-refractivity contribution is -0.152. The molecule has 1 aromatic heterocycles. The fraction of sp³-hybridized carbons (Fsp3) is 0.636. The monoisotopic (exact) mass is 287 g/mol. The van der Waals surface area contributed by atoms with Crippen LogP contribution in [0, 0.1) is 0 Å². The zero-order valence-electron chi connectivity index (χ0n) is 10.4. The summed E-state index contributed by atoms with van der Waals surface area (Å²) < 4.78 is 5.27. The number of rotatable bonds is 4. The lowest BCUT2D eigenvalue weighted by Crippen LogP contribution is -2.56. The van der Waals surface area contributed by atoms with Crippen molar-refractivity contribution in [2.24, 2.45) is 0 Å². The van der Waals surface area contributed by atoms with Crippen molar-refractivity contribution < 1.29 is 20.1 Å². The SMILES string of the molecule is CSc1ccnc(N[C@H]2CO[C@H](CO)[C@H](O)[C@@H]2O)n1. The standard InChI is InChI=1S/C11H17N3O4S/c1-19-8-2-3-12-11(14-8)13-6-5-18-7(4-15)10(17)9(6)16/h2-3,6-7,9-10,15-17H,4-5H2,1H3,(H,12,13,14)/t6-,7+,9+,10-/m0/s1. The van der Waals surface area contributed by atoms with Gasteiger partial charge in [-0.1, -0.05) is 0 Å². The van der Waals surface area contributed by atoms with Gasteiger partial charge in [-0.3, -0.25) is 0 Å². The number of anilines is 1. The molecule has 1 saturated heterocycles. The van der Waals surface area contributed by atoms with Crippen LogP contribution in [0.3, 0.4) is 0 Å². The van der Waals surface area contributed by atoms with Crippen LogP contribution in [-0.4, -0.2) is 69.1 Å². The van der Waals surface area contributed by atoms with E-state index in [0.717, 1.165) is 5.03 Å². The van der Waals surface area contributed by atoms with Crippen molar-refractivity contribution in [2.45, 2.75) is 29.4 Å². The third-order valence-corrected chi connectivity index (χ3v) is 3.61. The Bertz CT molecular complexity index is 423. The molecule has 0 saturated carbocycles. The number of aliphatic hydroxyl groups excluding tert-OH is 3. The highest BCUT2D eigenvalue weighted by Gasteiger charge is 2.38. The molecule has 4 atom stereocenters. The van der Waals surface area contributed by atoms with Crippen LogP contribution in [0.5, 0.6) is 0 Å². The number of hydrogen-bond acceptors (Lipinski definition) is 8. The van der Waals surface area contributed by atoms with Gasteiger partial charge in [0.15, 0.2) is 0 Å². The minimum atomic E-state index is -1.14. The molecule has 0 bridgehead atoms. The van der Waals surface area contributed by atoms with E-state index in [1.165, 1.54) is 11.8 Å². The van der Waals surface area contributed by atoms with Gasteiger partial charge in [-0.25, -0.2) is 9.97 Å². The molecule has 2 heterocycles. The molecule has 8 heteroatoms. The van der Waals surface area contributed by atoms with Crippen molar-refractivity contribution in [1.82, 2.24) is 9.97 Å². The summed E-state index contributed by atoms with van der Waals surface area (Å²) in [5.41, 5.74) is 0. The Morgan fingerprint density at radius 1 is 1.47 bits per heavy atom. The lowest BCUT2D eigenvalue weighted by Gasteiger charge is -2.37. The van der Waals surface area contributed by atoms with Gasteiger partial charge in [0.05, 0.1) is 19.3 Å². The molecule has 0 radical (unpaired) electrons. The Balaban J connectivity index is 2.02. The number of aromatic nitrogens is 2. The van der Waals surface area contributed by atoms with Crippen LogP contribution in [0.4, 0.5) is 5.95 Å². The Labute approximate surface area is 115 Å². The number of ether oxygens (including phenoxy) is 1. The molecule has 1 fully saturated rings. The van der Waals surface area contributed by atoms with Gasteiger partial charge in [-0.2, -0.15) is 0 Å². The van der Waals surface area contributed by atoms with E-state index in [4.69, 9.17) is 9.84 Å². The van der Waals surface area contributed by atoms with E-state index >= 15 is 0 Å². The zero-order valence-corrected chi connectivity index (χ0v) is 11.2. The van der Waals surface area contributed by atoms with Crippen molar-refractivity contribution in [3.05, 3.63) is 12.3 Å². The Morgan fingerprint density at radius 2 is 2.26 bits per heavy atom. The predicted octanol–water partition coefficient (Wildman–Crippen LogP) is -0.908. The minimum absolute atomic E-state index is 0.163. The quantitative estimate of drug-likeness (QED) is 0.416. The Hall–Kier alpha value is -0.930. The average molecular weight is 287 g/mol. The summed E-state index contributed by atoms with van der Waals surface area (Å²) in [6.45, 7) is -0.167. The van der Waals surface area contributed by atoms with Crippen LogP contribution in [0.15, 0.2) is 17.3 Å². The van der Waals surface area contributed by atoms with E-state index in [-0.39, 0.29) is 13.2 Å². The first-order valence-corrected chi connectivity index (χ1v) is 7.10. The predicted molar refractivity (Wildman–Crippen MR) is 70.1 cm³/mol. The number of thioether (sulfide) groups is 1. The van der Waals surface area contributed by atoms with E-state index in [2.05, 4.69) is 15.3 Å². The summed E-state index contributed by atoms with van der Waals surface area (Å²) in [5.74, 6) is 0.370. The second kappa shape index (κ2) is 6.49. The van der Waals surface area contributed by atoms with Gasteiger partial charge in [0.1, 0.15) is 23.3 Å². The largest absolute Gasteiger partial charge is 0.394 e. The summed E-state index contributed by atoms with van der Waals surface area (Å²) >= 11 is 1.48. The van der Waals surface area contributed by atoms with Gasteiger partial charge < -0.3 is 25.4 Å². The van der Waals surface area contributed by atoms with Crippen molar-refractivity contribution in [2.75, 3.05) is 24.8 Å². The molecule has 106 valence electrons. The Kier molecular flexibility index (Phi) is 4.94.